The van der Waals surface area contributed by atoms with Crippen molar-refractivity contribution >= 4 is 27.5 Å². The maximum atomic E-state index is 13.2. The summed E-state index contributed by atoms with van der Waals surface area (Å²) in [5, 5.41) is 3.51. The van der Waals surface area contributed by atoms with Crippen LogP contribution < -0.4 is 5.32 Å². The third kappa shape index (κ3) is 3.69. The highest BCUT2D eigenvalue weighted by Gasteiger charge is 2.54. The third-order valence-electron chi connectivity index (χ3n) is 8.01. The summed E-state index contributed by atoms with van der Waals surface area (Å²) < 4.78 is 27.7. The predicted molar refractivity (Wildman–Crippen MR) is 117 cm³/mol. The molecule has 7 heteroatoms. The first-order chi connectivity index (χ1) is 14.4. The molecule has 0 radical (unpaired) electrons. The van der Waals surface area contributed by atoms with Crippen LogP contribution in [0.5, 0.6) is 0 Å². The van der Waals surface area contributed by atoms with Crippen LogP contribution in [-0.4, -0.2) is 38.3 Å². The predicted octanol–water partition coefficient (Wildman–Crippen LogP) is 4.07. The zero-order valence-corrected chi connectivity index (χ0v) is 18.9. The molecule has 4 bridgehead atoms. The maximum Gasteiger partial charge on any atom is 0.244 e. The van der Waals surface area contributed by atoms with E-state index in [1.807, 2.05) is 0 Å². The fraction of sp³-hybridized carbons (Fsp3) is 0.696. The van der Waals surface area contributed by atoms with Crippen LogP contribution in [0.4, 0.5) is 0 Å². The van der Waals surface area contributed by atoms with E-state index in [0.29, 0.717) is 19.6 Å². The van der Waals surface area contributed by atoms with E-state index in [1.165, 1.54) is 19.3 Å². The number of sulfonamides is 1. The monoisotopic (exact) mass is 450 g/mol. The second-order valence-electron chi connectivity index (χ2n) is 10.2. The van der Waals surface area contributed by atoms with Crippen LogP contribution in [0.15, 0.2) is 29.2 Å². The molecule has 1 atom stereocenters. The Morgan fingerprint density at radius 2 is 1.73 bits per heavy atom. The topological polar surface area (TPSA) is 66.5 Å². The van der Waals surface area contributed by atoms with E-state index in [-0.39, 0.29) is 27.2 Å². The number of carbonyl (C=O) groups excluding carboxylic acids is 1. The van der Waals surface area contributed by atoms with Crippen LogP contribution in [0.2, 0.25) is 5.02 Å². The number of nitrogens with zero attached hydrogens (tertiary/aromatic N) is 1. The number of benzene rings is 1. The summed E-state index contributed by atoms with van der Waals surface area (Å²) >= 11 is 6.15. The zero-order chi connectivity index (χ0) is 20.9. The molecule has 164 valence electrons. The Morgan fingerprint density at radius 1 is 1.10 bits per heavy atom. The summed E-state index contributed by atoms with van der Waals surface area (Å²) in [6.45, 7) is 1.51. The van der Waals surface area contributed by atoms with Crippen molar-refractivity contribution in [2.45, 2.75) is 56.3 Å². The number of carbonyl (C=O) groups is 1. The number of hydrogen-bond donors (Lipinski definition) is 1. The molecule has 1 N–H and O–H groups in total. The van der Waals surface area contributed by atoms with Crippen LogP contribution in [-0.2, 0) is 14.8 Å². The lowest BCUT2D eigenvalue weighted by Crippen LogP contribution is -2.54. The lowest BCUT2D eigenvalue weighted by molar-refractivity contribution is -0.146. The largest absolute Gasteiger partial charge is 0.355 e. The Labute approximate surface area is 184 Å². The van der Waals surface area contributed by atoms with Crippen LogP contribution >= 0.6 is 11.6 Å². The van der Waals surface area contributed by atoms with Gasteiger partial charge >= 0.3 is 0 Å². The van der Waals surface area contributed by atoms with E-state index in [1.54, 1.807) is 28.6 Å². The minimum atomic E-state index is -3.61. The van der Waals surface area contributed by atoms with E-state index >= 15 is 0 Å². The van der Waals surface area contributed by atoms with Gasteiger partial charge in [-0.15, -0.1) is 0 Å². The van der Waals surface area contributed by atoms with Gasteiger partial charge in [-0.25, -0.2) is 8.42 Å². The summed E-state index contributed by atoms with van der Waals surface area (Å²) in [7, 11) is -3.61. The first-order valence-electron chi connectivity index (χ1n) is 11.4. The smallest absolute Gasteiger partial charge is 0.244 e. The lowest BCUT2D eigenvalue weighted by atomic mass is 9.49. The molecule has 1 amide bonds. The quantitative estimate of drug-likeness (QED) is 0.735. The average molecular weight is 451 g/mol. The average Bonchev–Trinajstić information content (AvgIpc) is 2.71. The van der Waals surface area contributed by atoms with Gasteiger partial charge in [0.2, 0.25) is 15.9 Å². The molecule has 4 aliphatic carbocycles. The van der Waals surface area contributed by atoms with Gasteiger partial charge in [0.25, 0.3) is 0 Å². The molecule has 4 saturated carbocycles. The Balaban J connectivity index is 1.22. The van der Waals surface area contributed by atoms with Crippen molar-refractivity contribution in [2.75, 3.05) is 19.6 Å². The minimum Gasteiger partial charge on any atom is -0.355 e. The normalized spacial score (nSPS) is 36.0. The van der Waals surface area contributed by atoms with Gasteiger partial charge in [-0.2, -0.15) is 4.31 Å². The summed E-state index contributed by atoms with van der Waals surface area (Å²) in [6, 6.07) is 6.61. The van der Waals surface area contributed by atoms with Crippen LogP contribution in [0.1, 0.15) is 51.4 Å². The van der Waals surface area contributed by atoms with Crippen LogP contribution in [0.3, 0.4) is 0 Å². The number of nitrogens with one attached hydrogen (secondary N) is 1. The van der Waals surface area contributed by atoms with Crippen LogP contribution in [0.25, 0.3) is 0 Å². The van der Waals surface area contributed by atoms with Gasteiger partial charge < -0.3 is 5.32 Å². The maximum absolute atomic E-state index is 13.2. The molecule has 6 rings (SSSR count). The molecule has 5 aliphatic rings. The first-order valence-corrected chi connectivity index (χ1v) is 13.2. The van der Waals surface area contributed by atoms with Crippen molar-refractivity contribution in [3.05, 3.63) is 29.3 Å². The molecule has 1 saturated heterocycles. The SMILES string of the molecule is O=C(NCC1CCCN(S(=O)(=O)c2ccccc2Cl)C1)C12CC3CC(CC(C3)C1)C2. The van der Waals surface area contributed by atoms with Crippen molar-refractivity contribution in [3.8, 4) is 0 Å². The summed E-state index contributed by atoms with van der Waals surface area (Å²) in [5.74, 6) is 2.61. The number of amides is 1. The van der Waals surface area contributed by atoms with Crippen molar-refractivity contribution in [1.29, 1.82) is 0 Å². The fourth-order valence-electron chi connectivity index (χ4n) is 7.02. The number of halogens is 1. The Kier molecular flexibility index (Phi) is 5.39. The fourth-order valence-corrected chi connectivity index (χ4v) is 9.07. The molecular weight excluding hydrogens is 420 g/mol. The zero-order valence-electron chi connectivity index (χ0n) is 17.4. The highest BCUT2D eigenvalue weighted by Crippen LogP contribution is 2.60. The molecule has 5 fully saturated rings. The Hall–Kier alpha value is -1.11. The van der Waals surface area contributed by atoms with Gasteiger partial charge in [-0.3, -0.25) is 4.79 Å². The van der Waals surface area contributed by atoms with Crippen molar-refractivity contribution in [1.82, 2.24) is 9.62 Å². The molecule has 5 nitrogen and oxygen atoms in total. The van der Waals surface area contributed by atoms with Crippen LogP contribution in [0, 0.1) is 29.1 Å². The third-order valence-corrected chi connectivity index (χ3v) is 10.4. The summed E-state index contributed by atoms with van der Waals surface area (Å²) in [5.41, 5.74) is -0.146. The van der Waals surface area contributed by atoms with Gasteiger partial charge in [0.15, 0.2) is 0 Å². The lowest BCUT2D eigenvalue weighted by Gasteiger charge is -2.55. The van der Waals surface area contributed by atoms with E-state index in [9.17, 15) is 13.2 Å². The molecule has 0 aromatic heterocycles. The van der Waals surface area contributed by atoms with Crippen molar-refractivity contribution in [3.63, 3.8) is 0 Å². The van der Waals surface area contributed by atoms with Gasteiger partial charge in [0, 0.05) is 25.0 Å². The molecule has 1 heterocycles. The standard InChI is InChI=1S/C23H31ClN2O3S/c24-20-5-1-2-6-21(20)30(28,29)26-7-3-4-16(15-26)14-25-22(27)23-11-17-8-18(12-23)10-19(9-17)13-23/h1-2,5-6,16-19H,3-4,7-15H2,(H,25,27). The van der Waals surface area contributed by atoms with E-state index < -0.39 is 10.0 Å². The van der Waals surface area contributed by atoms with E-state index in [4.69, 9.17) is 11.6 Å². The molecule has 0 spiro atoms. The Bertz CT molecular complexity index is 897. The number of piperidine rings is 1. The van der Waals surface area contributed by atoms with Gasteiger partial charge in [0.1, 0.15) is 4.90 Å². The molecule has 1 aliphatic heterocycles. The highest BCUT2D eigenvalue weighted by molar-refractivity contribution is 7.89. The van der Waals surface area contributed by atoms with Crippen molar-refractivity contribution in [2.24, 2.45) is 29.1 Å². The van der Waals surface area contributed by atoms with Gasteiger partial charge in [-0.1, -0.05) is 23.7 Å². The molecule has 1 unspecified atom stereocenters. The molecule has 1 aromatic rings. The number of hydrogen-bond acceptors (Lipinski definition) is 3. The summed E-state index contributed by atoms with van der Waals surface area (Å²) in [4.78, 5) is 13.4. The second kappa shape index (κ2) is 7.79. The Morgan fingerprint density at radius 3 is 2.37 bits per heavy atom. The highest BCUT2D eigenvalue weighted by atomic mass is 35.5. The molecular formula is C23H31ClN2O3S. The van der Waals surface area contributed by atoms with E-state index in [2.05, 4.69) is 5.32 Å². The minimum absolute atomic E-state index is 0.146. The van der Waals surface area contributed by atoms with Gasteiger partial charge in [-0.05, 0) is 87.2 Å². The van der Waals surface area contributed by atoms with Crippen molar-refractivity contribution < 1.29 is 13.2 Å². The second-order valence-corrected chi connectivity index (χ2v) is 12.5. The van der Waals surface area contributed by atoms with Gasteiger partial charge in [0.05, 0.1) is 5.02 Å². The molecule has 1 aromatic carbocycles. The summed E-state index contributed by atoms with van der Waals surface area (Å²) in [6.07, 6.45) is 8.89. The molecule has 30 heavy (non-hydrogen) atoms. The number of rotatable bonds is 5. The first kappa shape index (κ1) is 20.8. The van der Waals surface area contributed by atoms with E-state index in [0.717, 1.165) is 49.9 Å².